The van der Waals surface area contributed by atoms with Crippen molar-refractivity contribution < 1.29 is 23.8 Å². The molecule has 1 atom stereocenters. The Morgan fingerprint density at radius 1 is 0.917 bits per heavy atom. The van der Waals surface area contributed by atoms with Crippen molar-refractivity contribution in [3.05, 3.63) is 54.1 Å². The normalized spacial score (nSPS) is 12.4. The van der Waals surface area contributed by atoms with Crippen molar-refractivity contribution in [2.24, 2.45) is 21.6 Å². The van der Waals surface area contributed by atoms with Crippen molar-refractivity contribution >= 4 is 23.3 Å². The number of methoxy groups -OCH3 is 1. The van der Waals surface area contributed by atoms with Crippen LogP contribution in [-0.2, 0) is 14.3 Å². The number of carbonyl (C=O) groups is 2. The molecule has 0 aromatic heterocycles. The lowest BCUT2D eigenvalue weighted by molar-refractivity contribution is -0.138. The number of likely N-dealkylation sites (N-methyl/N-ethyl adjacent to an activating group) is 1. The largest absolute Gasteiger partial charge is 0.491 e. The Morgan fingerprint density at radius 2 is 1.50 bits per heavy atom. The van der Waals surface area contributed by atoms with Gasteiger partial charge >= 0.3 is 5.97 Å². The smallest absolute Gasteiger partial charge is 0.338 e. The van der Waals surface area contributed by atoms with Gasteiger partial charge in [0, 0.05) is 20.1 Å². The summed E-state index contributed by atoms with van der Waals surface area (Å²) < 4.78 is 15.9. The van der Waals surface area contributed by atoms with Gasteiger partial charge in [-0.1, -0.05) is 34.1 Å². The van der Waals surface area contributed by atoms with Gasteiger partial charge in [0.2, 0.25) is 5.91 Å². The number of hydrogen-bond donors (Lipinski definition) is 0. The van der Waals surface area contributed by atoms with Crippen LogP contribution >= 0.6 is 0 Å². The minimum atomic E-state index is -0.440. The molecule has 2 rings (SSSR count). The molecule has 0 saturated heterocycles. The summed E-state index contributed by atoms with van der Waals surface area (Å²) >= 11 is 0. The Hall–Kier alpha value is -3.26. The van der Waals surface area contributed by atoms with E-state index in [0.29, 0.717) is 36.7 Å². The number of ether oxygens (including phenoxy) is 3. The maximum absolute atomic E-state index is 12.9. The fourth-order valence-electron chi connectivity index (χ4n) is 3.58. The van der Waals surface area contributed by atoms with Crippen molar-refractivity contribution in [1.82, 2.24) is 4.90 Å². The van der Waals surface area contributed by atoms with Crippen LogP contribution in [0.3, 0.4) is 0 Å². The monoisotopic (exact) mass is 497 g/mol. The summed E-state index contributed by atoms with van der Waals surface area (Å²) in [6.07, 6.45) is 1.79. The molecule has 0 aliphatic carbocycles. The molecule has 2 aromatic carbocycles. The van der Waals surface area contributed by atoms with Crippen molar-refractivity contribution in [2.75, 3.05) is 40.5 Å². The van der Waals surface area contributed by atoms with Gasteiger partial charge in [-0.25, -0.2) is 4.79 Å². The Bertz CT molecular complexity index is 982. The van der Waals surface area contributed by atoms with E-state index < -0.39 is 5.97 Å². The molecule has 0 N–H and O–H groups in total. The van der Waals surface area contributed by atoms with E-state index in [1.165, 1.54) is 0 Å². The van der Waals surface area contributed by atoms with E-state index in [4.69, 9.17) is 14.2 Å². The first kappa shape index (κ1) is 29.0. The third-order valence-electron chi connectivity index (χ3n) is 5.73. The van der Waals surface area contributed by atoms with Crippen molar-refractivity contribution in [2.45, 2.75) is 40.5 Å². The summed E-state index contributed by atoms with van der Waals surface area (Å²) in [6, 6.07) is 14.0. The second-order valence-corrected chi connectivity index (χ2v) is 9.69. The summed E-state index contributed by atoms with van der Waals surface area (Å²) in [5.74, 6) is 0.323. The quantitative estimate of drug-likeness (QED) is 0.187. The van der Waals surface area contributed by atoms with Crippen molar-refractivity contribution in [1.29, 1.82) is 0 Å². The number of carbonyl (C=O) groups excluding carboxylic acids is 2. The van der Waals surface area contributed by atoms with Gasteiger partial charge in [-0.15, -0.1) is 0 Å². The number of amides is 1. The van der Waals surface area contributed by atoms with Gasteiger partial charge in [0.15, 0.2) is 0 Å². The standard InChI is InChI=1S/C28H39N3O5/c1-7-8-25(28(2,3)4)26(32)31(5)17-18-36-27(33)21-9-11-22(12-10-21)29-30-23-13-15-24(16-14-23)35-20-19-34-6/h9-16,25H,7-8,17-20H2,1-6H3. The van der Waals surface area contributed by atoms with E-state index >= 15 is 0 Å². The lowest BCUT2D eigenvalue weighted by Gasteiger charge is -2.32. The molecule has 2 aromatic rings. The van der Waals surface area contributed by atoms with Crippen LogP contribution in [0.2, 0.25) is 0 Å². The summed E-state index contributed by atoms with van der Waals surface area (Å²) in [7, 11) is 3.38. The maximum atomic E-state index is 12.9. The lowest BCUT2D eigenvalue weighted by atomic mass is 9.77. The second-order valence-electron chi connectivity index (χ2n) is 9.69. The highest BCUT2D eigenvalue weighted by atomic mass is 16.5. The molecule has 8 nitrogen and oxygen atoms in total. The van der Waals surface area contributed by atoms with E-state index in [0.717, 1.165) is 18.6 Å². The SMILES string of the molecule is CCCC(C(=O)N(C)CCOC(=O)c1ccc(N=Nc2ccc(OCCOC)cc2)cc1)C(C)(C)C. The molecule has 36 heavy (non-hydrogen) atoms. The predicted octanol–water partition coefficient (Wildman–Crippen LogP) is 6.20. The Labute approximate surface area is 214 Å². The number of rotatable bonds is 13. The second kappa shape index (κ2) is 14.3. The van der Waals surface area contributed by atoms with E-state index in [2.05, 4.69) is 37.9 Å². The fourth-order valence-corrected chi connectivity index (χ4v) is 3.58. The molecule has 1 amide bonds. The van der Waals surface area contributed by atoms with Gasteiger partial charge in [-0.3, -0.25) is 4.79 Å². The van der Waals surface area contributed by atoms with E-state index in [1.54, 1.807) is 43.3 Å². The molecule has 0 heterocycles. The van der Waals surface area contributed by atoms with Crippen LogP contribution in [-0.4, -0.2) is 57.3 Å². The van der Waals surface area contributed by atoms with E-state index in [1.807, 2.05) is 24.3 Å². The van der Waals surface area contributed by atoms with Crippen LogP contribution in [0.15, 0.2) is 58.8 Å². The zero-order chi connectivity index (χ0) is 26.6. The molecule has 0 aliphatic heterocycles. The molecule has 0 bridgehead atoms. The summed E-state index contributed by atoms with van der Waals surface area (Å²) in [4.78, 5) is 26.9. The highest BCUT2D eigenvalue weighted by molar-refractivity contribution is 5.89. The van der Waals surface area contributed by atoms with Crippen molar-refractivity contribution in [3.8, 4) is 5.75 Å². The van der Waals surface area contributed by atoms with Crippen LogP contribution < -0.4 is 4.74 Å². The van der Waals surface area contributed by atoms with Crippen LogP contribution in [0.5, 0.6) is 5.75 Å². The molecular formula is C28H39N3O5. The number of nitrogens with zero attached hydrogens (tertiary/aromatic N) is 3. The highest BCUT2D eigenvalue weighted by Crippen LogP contribution is 2.31. The summed E-state index contributed by atoms with van der Waals surface area (Å²) in [6.45, 7) is 9.82. The maximum Gasteiger partial charge on any atom is 0.338 e. The number of azo groups is 1. The van der Waals surface area contributed by atoms with Crippen LogP contribution in [0.4, 0.5) is 11.4 Å². The van der Waals surface area contributed by atoms with Gasteiger partial charge in [-0.2, -0.15) is 10.2 Å². The molecule has 0 aliphatic rings. The van der Waals surface area contributed by atoms with Crippen LogP contribution in [0, 0.1) is 11.3 Å². The van der Waals surface area contributed by atoms with E-state index in [-0.39, 0.29) is 23.8 Å². The molecule has 0 radical (unpaired) electrons. The topological polar surface area (TPSA) is 89.8 Å². The minimum absolute atomic E-state index is 0.0583. The first-order valence-corrected chi connectivity index (χ1v) is 12.3. The molecule has 196 valence electrons. The Kier molecular flexibility index (Phi) is 11.5. The van der Waals surface area contributed by atoms with Crippen molar-refractivity contribution in [3.63, 3.8) is 0 Å². The average molecular weight is 498 g/mol. The molecule has 1 unspecified atom stereocenters. The summed E-state index contributed by atoms with van der Waals surface area (Å²) in [5, 5.41) is 8.42. The fraction of sp³-hybridized carbons (Fsp3) is 0.500. The number of benzene rings is 2. The zero-order valence-electron chi connectivity index (χ0n) is 22.3. The van der Waals surface area contributed by atoms with Gasteiger partial charge < -0.3 is 19.1 Å². The summed E-state index contributed by atoms with van der Waals surface area (Å²) in [5.41, 5.74) is 1.60. The van der Waals surface area contributed by atoms with Gasteiger partial charge in [0.05, 0.1) is 30.1 Å². The molecule has 0 fully saturated rings. The molecule has 0 saturated carbocycles. The molecule has 8 heteroatoms. The van der Waals surface area contributed by atoms with E-state index in [9.17, 15) is 9.59 Å². The highest BCUT2D eigenvalue weighted by Gasteiger charge is 2.32. The number of hydrogen-bond acceptors (Lipinski definition) is 7. The average Bonchev–Trinajstić information content (AvgIpc) is 2.86. The van der Waals surface area contributed by atoms with Gasteiger partial charge in [-0.05, 0) is 60.4 Å². The lowest BCUT2D eigenvalue weighted by Crippen LogP contribution is -2.40. The Balaban J connectivity index is 1.83. The van der Waals surface area contributed by atoms with Crippen LogP contribution in [0.25, 0.3) is 0 Å². The van der Waals surface area contributed by atoms with Gasteiger partial charge in [0.1, 0.15) is 19.0 Å². The first-order chi connectivity index (χ1) is 17.2. The zero-order valence-corrected chi connectivity index (χ0v) is 22.3. The van der Waals surface area contributed by atoms with Gasteiger partial charge in [0.25, 0.3) is 0 Å². The minimum Gasteiger partial charge on any atom is -0.491 e. The molecule has 0 spiro atoms. The Morgan fingerprint density at radius 3 is 2.03 bits per heavy atom. The third-order valence-corrected chi connectivity index (χ3v) is 5.73. The van der Waals surface area contributed by atoms with Crippen LogP contribution in [0.1, 0.15) is 50.9 Å². The predicted molar refractivity (Wildman–Crippen MR) is 140 cm³/mol. The first-order valence-electron chi connectivity index (χ1n) is 12.3. The molecular weight excluding hydrogens is 458 g/mol. The number of esters is 1. The third kappa shape index (κ3) is 9.41.